The summed E-state index contributed by atoms with van der Waals surface area (Å²) in [4.78, 5) is 49.8. The van der Waals surface area contributed by atoms with Crippen LogP contribution in [-0.4, -0.2) is 30.9 Å². The van der Waals surface area contributed by atoms with Gasteiger partial charge in [0.15, 0.2) is 11.5 Å². The number of aryl methyl sites for hydroxylation is 2. The third kappa shape index (κ3) is 4.07. The molecular weight excluding hydrogens is 388 g/mol. The highest BCUT2D eigenvalue weighted by molar-refractivity contribution is 6.39. The molecular formula is C22H20N2O6. The van der Waals surface area contributed by atoms with E-state index < -0.39 is 23.8 Å². The number of benzene rings is 2. The first-order valence-electron chi connectivity index (χ1n) is 9.06. The monoisotopic (exact) mass is 408 g/mol. The Morgan fingerprint density at radius 2 is 1.73 bits per heavy atom. The molecule has 0 unspecified atom stereocenters. The van der Waals surface area contributed by atoms with Crippen molar-refractivity contribution in [3.8, 4) is 11.5 Å². The van der Waals surface area contributed by atoms with Gasteiger partial charge >= 0.3 is 12.0 Å². The van der Waals surface area contributed by atoms with E-state index in [1.54, 1.807) is 24.3 Å². The van der Waals surface area contributed by atoms with E-state index in [9.17, 15) is 19.2 Å². The predicted molar refractivity (Wildman–Crippen MR) is 109 cm³/mol. The van der Waals surface area contributed by atoms with E-state index in [0.717, 1.165) is 16.0 Å². The number of hydrogen-bond donors (Lipinski definition) is 1. The summed E-state index contributed by atoms with van der Waals surface area (Å²) in [6.07, 6.45) is 1.35. The summed E-state index contributed by atoms with van der Waals surface area (Å²) >= 11 is 0. The van der Waals surface area contributed by atoms with Crippen molar-refractivity contribution in [2.45, 2.75) is 20.8 Å². The van der Waals surface area contributed by atoms with Crippen LogP contribution in [0.25, 0.3) is 6.08 Å². The molecule has 154 valence electrons. The average Bonchev–Trinajstić information content (AvgIpc) is 2.68. The molecule has 8 heteroatoms. The van der Waals surface area contributed by atoms with Gasteiger partial charge in [-0.15, -0.1) is 0 Å². The minimum Gasteiger partial charge on any atom is -0.493 e. The number of carbonyl (C=O) groups excluding carboxylic acids is 4. The molecule has 1 aliphatic rings. The lowest BCUT2D eigenvalue weighted by Gasteiger charge is -2.26. The maximum atomic E-state index is 13.0. The van der Waals surface area contributed by atoms with Gasteiger partial charge in [-0.2, -0.15) is 0 Å². The first-order valence-corrected chi connectivity index (χ1v) is 9.06. The highest BCUT2D eigenvalue weighted by Gasteiger charge is 2.36. The van der Waals surface area contributed by atoms with Crippen molar-refractivity contribution in [3.63, 3.8) is 0 Å². The second-order valence-corrected chi connectivity index (χ2v) is 6.73. The highest BCUT2D eigenvalue weighted by Crippen LogP contribution is 2.30. The number of nitrogens with one attached hydrogen (secondary N) is 1. The number of barbiturate groups is 1. The van der Waals surface area contributed by atoms with Gasteiger partial charge in [-0.3, -0.25) is 19.7 Å². The number of urea groups is 1. The number of esters is 1. The molecule has 4 amide bonds. The van der Waals surface area contributed by atoms with E-state index in [2.05, 4.69) is 5.32 Å². The van der Waals surface area contributed by atoms with Crippen molar-refractivity contribution in [3.05, 3.63) is 58.7 Å². The van der Waals surface area contributed by atoms with Crippen molar-refractivity contribution < 1.29 is 28.7 Å². The first kappa shape index (κ1) is 20.8. The Balaban J connectivity index is 2.00. The number of imide groups is 2. The van der Waals surface area contributed by atoms with Gasteiger partial charge in [-0.25, -0.2) is 9.69 Å². The van der Waals surface area contributed by atoms with Gasteiger partial charge in [0.2, 0.25) is 0 Å². The molecule has 0 atom stereocenters. The van der Waals surface area contributed by atoms with Gasteiger partial charge in [0.1, 0.15) is 5.57 Å². The van der Waals surface area contributed by atoms with Gasteiger partial charge in [0.05, 0.1) is 12.8 Å². The van der Waals surface area contributed by atoms with Crippen LogP contribution in [0.5, 0.6) is 11.5 Å². The number of carbonyl (C=O) groups is 4. The van der Waals surface area contributed by atoms with Crippen molar-refractivity contribution >= 4 is 35.6 Å². The van der Waals surface area contributed by atoms with Crippen molar-refractivity contribution in [1.82, 2.24) is 5.32 Å². The molecule has 1 saturated heterocycles. The molecule has 30 heavy (non-hydrogen) atoms. The maximum Gasteiger partial charge on any atom is 0.335 e. The SMILES string of the molecule is COc1cc(/C=C2\C(=O)NC(=O)N(c3ccc(C)c(C)c3)C2=O)ccc1OC(C)=O. The number of anilines is 1. The molecule has 8 nitrogen and oxygen atoms in total. The van der Waals surface area contributed by atoms with E-state index in [1.165, 1.54) is 32.2 Å². The van der Waals surface area contributed by atoms with Gasteiger partial charge in [0, 0.05) is 6.92 Å². The molecule has 1 aliphatic heterocycles. The zero-order valence-electron chi connectivity index (χ0n) is 16.9. The molecule has 0 spiro atoms. The molecule has 0 saturated carbocycles. The van der Waals surface area contributed by atoms with Crippen LogP contribution in [0.4, 0.5) is 10.5 Å². The summed E-state index contributed by atoms with van der Waals surface area (Å²) in [7, 11) is 1.40. The first-order chi connectivity index (χ1) is 14.2. The van der Waals surface area contributed by atoms with Gasteiger partial charge in [-0.1, -0.05) is 12.1 Å². The Bertz CT molecular complexity index is 1100. The summed E-state index contributed by atoms with van der Waals surface area (Å²) < 4.78 is 10.3. The molecule has 1 heterocycles. The minimum atomic E-state index is -0.812. The summed E-state index contributed by atoms with van der Waals surface area (Å²) in [6, 6.07) is 8.90. The quantitative estimate of drug-likeness (QED) is 0.361. The zero-order chi connectivity index (χ0) is 22.0. The third-order valence-electron chi connectivity index (χ3n) is 4.60. The van der Waals surface area contributed by atoms with Crippen molar-refractivity contribution in [2.24, 2.45) is 0 Å². The molecule has 0 radical (unpaired) electrons. The normalized spacial score (nSPS) is 15.3. The molecule has 0 bridgehead atoms. The molecule has 1 N–H and O–H groups in total. The standard InChI is InChI=1S/C22H20N2O6/c1-12-5-7-16(9-13(12)2)24-21(27)17(20(26)23-22(24)28)10-15-6-8-18(30-14(3)25)19(11-15)29-4/h5-11H,1-4H3,(H,23,26,28)/b17-10+. The summed E-state index contributed by atoms with van der Waals surface area (Å²) in [5, 5.41) is 2.19. The maximum absolute atomic E-state index is 13.0. The van der Waals surface area contributed by atoms with Gasteiger partial charge < -0.3 is 9.47 Å². The number of amides is 4. The van der Waals surface area contributed by atoms with E-state index in [-0.39, 0.29) is 17.1 Å². The zero-order valence-corrected chi connectivity index (χ0v) is 16.9. The van der Waals surface area contributed by atoms with Crippen LogP contribution >= 0.6 is 0 Å². The average molecular weight is 408 g/mol. The lowest BCUT2D eigenvalue weighted by Crippen LogP contribution is -2.54. The van der Waals surface area contributed by atoms with Gasteiger partial charge in [-0.05, 0) is 60.9 Å². The molecule has 2 aromatic carbocycles. The third-order valence-corrected chi connectivity index (χ3v) is 4.60. The van der Waals surface area contributed by atoms with E-state index in [1.807, 2.05) is 13.8 Å². The van der Waals surface area contributed by atoms with Gasteiger partial charge in [0.25, 0.3) is 11.8 Å². The lowest BCUT2D eigenvalue weighted by molar-refractivity contribution is -0.132. The topological polar surface area (TPSA) is 102 Å². The van der Waals surface area contributed by atoms with E-state index in [0.29, 0.717) is 11.3 Å². The molecule has 1 fully saturated rings. The number of rotatable bonds is 4. The fourth-order valence-electron chi connectivity index (χ4n) is 2.94. The number of ether oxygens (including phenoxy) is 2. The summed E-state index contributed by atoms with van der Waals surface area (Å²) in [5.74, 6) is -1.59. The molecule has 3 rings (SSSR count). The molecule has 0 aromatic heterocycles. The van der Waals surface area contributed by atoms with E-state index >= 15 is 0 Å². The predicted octanol–water partition coefficient (Wildman–Crippen LogP) is 2.90. The highest BCUT2D eigenvalue weighted by atomic mass is 16.6. The van der Waals surface area contributed by atoms with Crippen molar-refractivity contribution in [1.29, 1.82) is 0 Å². The Morgan fingerprint density at radius 3 is 2.37 bits per heavy atom. The smallest absolute Gasteiger partial charge is 0.335 e. The number of methoxy groups -OCH3 is 1. The van der Waals surface area contributed by atoms with Crippen LogP contribution in [-0.2, 0) is 14.4 Å². The van der Waals surface area contributed by atoms with Crippen LogP contribution in [0.15, 0.2) is 42.0 Å². The molecule has 0 aliphatic carbocycles. The van der Waals surface area contributed by atoms with Crippen LogP contribution < -0.4 is 19.7 Å². The Kier molecular flexibility index (Phi) is 5.68. The molecule has 2 aromatic rings. The van der Waals surface area contributed by atoms with Crippen LogP contribution in [0.1, 0.15) is 23.6 Å². The summed E-state index contributed by atoms with van der Waals surface area (Å²) in [5.41, 5.74) is 2.52. The fourth-order valence-corrected chi connectivity index (χ4v) is 2.94. The van der Waals surface area contributed by atoms with Crippen LogP contribution in [0, 0.1) is 13.8 Å². The summed E-state index contributed by atoms with van der Waals surface area (Å²) in [6.45, 7) is 5.04. The Labute approximate surface area is 173 Å². The van der Waals surface area contributed by atoms with Crippen LogP contribution in [0.2, 0.25) is 0 Å². The van der Waals surface area contributed by atoms with Crippen molar-refractivity contribution in [2.75, 3.05) is 12.0 Å². The largest absolute Gasteiger partial charge is 0.493 e. The van der Waals surface area contributed by atoms with E-state index in [4.69, 9.17) is 9.47 Å². The minimum absolute atomic E-state index is 0.207. The second-order valence-electron chi connectivity index (χ2n) is 6.73. The number of hydrogen-bond acceptors (Lipinski definition) is 6. The number of nitrogens with zero attached hydrogens (tertiary/aromatic N) is 1. The Morgan fingerprint density at radius 1 is 1.00 bits per heavy atom. The second kappa shape index (κ2) is 8.20. The lowest BCUT2D eigenvalue weighted by atomic mass is 10.0. The fraction of sp³-hybridized carbons (Fsp3) is 0.182. The Hall–Kier alpha value is -3.94. The van der Waals surface area contributed by atoms with Crippen LogP contribution in [0.3, 0.4) is 0 Å².